The Morgan fingerprint density at radius 1 is 1.25 bits per heavy atom. The largest absolute Gasteiger partial charge is 0.359 e. The molecule has 0 saturated carbocycles. The van der Waals surface area contributed by atoms with E-state index < -0.39 is 0 Å². The quantitative estimate of drug-likeness (QED) is 0.717. The standard InChI is InChI=1S/C10H13N5O/c16-7-5-11-9-8(14-7)10(13-6-12-9)15-3-1-2-4-15/h6H,1-5H2,(H,14,16)(H,11,12,13). The van der Waals surface area contributed by atoms with Crippen LogP contribution in [0.3, 0.4) is 0 Å². The van der Waals surface area contributed by atoms with Crippen molar-refractivity contribution in [3.63, 3.8) is 0 Å². The topological polar surface area (TPSA) is 70.2 Å². The van der Waals surface area contributed by atoms with Crippen molar-refractivity contribution in [1.29, 1.82) is 0 Å². The number of nitrogens with one attached hydrogen (secondary N) is 2. The molecule has 0 aliphatic carbocycles. The second kappa shape index (κ2) is 3.62. The molecule has 2 N–H and O–H groups in total. The van der Waals surface area contributed by atoms with Crippen LogP contribution in [-0.2, 0) is 4.79 Å². The second-order valence-electron chi connectivity index (χ2n) is 4.02. The highest BCUT2D eigenvalue weighted by Crippen LogP contribution is 2.32. The monoisotopic (exact) mass is 219 g/mol. The minimum atomic E-state index is -0.0391. The van der Waals surface area contributed by atoms with E-state index in [0.29, 0.717) is 0 Å². The van der Waals surface area contributed by atoms with Gasteiger partial charge in [0.2, 0.25) is 5.91 Å². The van der Waals surface area contributed by atoms with Crippen LogP contribution in [-0.4, -0.2) is 35.5 Å². The fourth-order valence-corrected chi connectivity index (χ4v) is 2.14. The van der Waals surface area contributed by atoms with Crippen LogP contribution in [0.4, 0.5) is 17.3 Å². The van der Waals surface area contributed by atoms with Crippen LogP contribution in [0.2, 0.25) is 0 Å². The molecule has 1 saturated heterocycles. The van der Waals surface area contributed by atoms with Crippen LogP contribution in [0, 0.1) is 0 Å². The third kappa shape index (κ3) is 1.46. The van der Waals surface area contributed by atoms with Gasteiger partial charge in [0.1, 0.15) is 12.0 Å². The highest BCUT2D eigenvalue weighted by molar-refractivity contribution is 6.02. The second-order valence-corrected chi connectivity index (χ2v) is 4.02. The Bertz CT molecular complexity index is 427. The zero-order valence-corrected chi connectivity index (χ0v) is 8.86. The summed E-state index contributed by atoms with van der Waals surface area (Å²) in [6, 6.07) is 0. The predicted molar refractivity (Wildman–Crippen MR) is 60.6 cm³/mol. The summed E-state index contributed by atoms with van der Waals surface area (Å²) in [7, 11) is 0. The lowest BCUT2D eigenvalue weighted by atomic mass is 10.3. The number of rotatable bonds is 1. The molecule has 3 rings (SSSR count). The minimum absolute atomic E-state index is 0.0391. The van der Waals surface area contributed by atoms with Gasteiger partial charge in [0.05, 0.1) is 6.54 Å². The van der Waals surface area contributed by atoms with E-state index in [4.69, 9.17) is 0 Å². The van der Waals surface area contributed by atoms with E-state index in [1.165, 1.54) is 19.2 Å². The summed E-state index contributed by atoms with van der Waals surface area (Å²) < 4.78 is 0. The molecule has 1 fully saturated rings. The Labute approximate surface area is 93.1 Å². The summed E-state index contributed by atoms with van der Waals surface area (Å²) in [6.45, 7) is 2.28. The normalized spacial score (nSPS) is 19.0. The van der Waals surface area contributed by atoms with Gasteiger partial charge >= 0.3 is 0 Å². The highest BCUT2D eigenvalue weighted by atomic mass is 16.2. The molecule has 1 amide bonds. The van der Waals surface area contributed by atoms with Crippen LogP contribution >= 0.6 is 0 Å². The van der Waals surface area contributed by atoms with Gasteiger partial charge < -0.3 is 15.5 Å². The molecular formula is C10H13N5O. The molecule has 0 atom stereocenters. The van der Waals surface area contributed by atoms with Crippen molar-refractivity contribution < 1.29 is 4.79 Å². The van der Waals surface area contributed by atoms with Crippen molar-refractivity contribution in [2.24, 2.45) is 0 Å². The molecule has 0 aromatic carbocycles. The molecule has 1 aromatic rings. The average molecular weight is 219 g/mol. The molecule has 0 bridgehead atoms. The first-order valence-corrected chi connectivity index (χ1v) is 5.48. The smallest absolute Gasteiger partial charge is 0.243 e. The number of amides is 1. The Morgan fingerprint density at radius 2 is 2.06 bits per heavy atom. The van der Waals surface area contributed by atoms with E-state index in [-0.39, 0.29) is 12.5 Å². The average Bonchev–Trinajstić information content (AvgIpc) is 2.81. The Kier molecular flexibility index (Phi) is 2.12. The summed E-state index contributed by atoms with van der Waals surface area (Å²) in [6.07, 6.45) is 3.90. The van der Waals surface area contributed by atoms with Gasteiger partial charge in [-0.1, -0.05) is 0 Å². The zero-order valence-electron chi connectivity index (χ0n) is 8.86. The number of anilines is 3. The lowest BCUT2D eigenvalue weighted by Crippen LogP contribution is -2.31. The predicted octanol–water partition coefficient (Wildman–Crippen LogP) is 0.441. The summed E-state index contributed by atoms with van der Waals surface area (Å²) >= 11 is 0. The van der Waals surface area contributed by atoms with Crippen molar-refractivity contribution in [3.8, 4) is 0 Å². The van der Waals surface area contributed by atoms with Gasteiger partial charge in [-0.3, -0.25) is 4.79 Å². The van der Waals surface area contributed by atoms with Crippen LogP contribution in [0.25, 0.3) is 0 Å². The maximum Gasteiger partial charge on any atom is 0.243 e. The first-order valence-electron chi connectivity index (χ1n) is 5.48. The maximum atomic E-state index is 11.3. The Morgan fingerprint density at radius 3 is 2.88 bits per heavy atom. The lowest BCUT2D eigenvalue weighted by molar-refractivity contribution is -0.114. The van der Waals surface area contributed by atoms with Gasteiger partial charge in [0.25, 0.3) is 0 Å². The molecule has 1 aromatic heterocycles. The Hall–Kier alpha value is -1.85. The van der Waals surface area contributed by atoms with E-state index in [1.807, 2.05) is 0 Å². The zero-order chi connectivity index (χ0) is 11.0. The highest BCUT2D eigenvalue weighted by Gasteiger charge is 2.24. The van der Waals surface area contributed by atoms with Crippen molar-refractivity contribution >= 4 is 23.2 Å². The number of fused-ring (bicyclic) bond motifs is 1. The van der Waals surface area contributed by atoms with E-state index in [2.05, 4.69) is 25.5 Å². The SMILES string of the molecule is O=C1CNc2ncnc(N3CCCC3)c2N1. The fraction of sp³-hybridized carbons (Fsp3) is 0.500. The molecular weight excluding hydrogens is 206 g/mol. The number of carbonyl (C=O) groups is 1. The van der Waals surface area contributed by atoms with Gasteiger partial charge in [-0.05, 0) is 12.8 Å². The molecule has 3 heterocycles. The number of nitrogens with zero attached hydrogens (tertiary/aromatic N) is 3. The van der Waals surface area contributed by atoms with E-state index in [9.17, 15) is 4.79 Å². The van der Waals surface area contributed by atoms with Crippen LogP contribution in [0.1, 0.15) is 12.8 Å². The fourth-order valence-electron chi connectivity index (χ4n) is 2.14. The molecule has 6 nitrogen and oxygen atoms in total. The van der Waals surface area contributed by atoms with E-state index >= 15 is 0 Å². The molecule has 0 radical (unpaired) electrons. The molecule has 2 aliphatic rings. The van der Waals surface area contributed by atoms with Gasteiger partial charge in [-0.25, -0.2) is 9.97 Å². The van der Waals surface area contributed by atoms with Crippen LogP contribution in [0.15, 0.2) is 6.33 Å². The van der Waals surface area contributed by atoms with Crippen LogP contribution < -0.4 is 15.5 Å². The number of hydrogen-bond donors (Lipinski definition) is 2. The van der Waals surface area contributed by atoms with Crippen molar-refractivity contribution in [2.45, 2.75) is 12.8 Å². The van der Waals surface area contributed by atoms with Gasteiger partial charge in [0.15, 0.2) is 11.6 Å². The summed E-state index contributed by atoms with van der Waals surface area (Å²) in [5.74, 6) is 1.52. The van der Waals surface area contributed by atoms with Gasteiger partial charge in [-0.15, -0.1) is 0 Å². The van der Waals surface area contributed by atoms with Gasteiger partial charge in [-0.2, -0.15) is 0 Å². The summed E-state index contributed by atoms with van der Waals surface area (Å²) in [4.78, 5) is 21.9. The molecule has 6 heteroatoms. The van der Waals surface area contributed by atoms with Crippen molar-refractivity contribution in [1.82, 2.24) is 9.97 Å². The summed E-state index contributed by atoms with van der Waals surface area (Å²) in [5.41, 5.74) is 0.723. The molecule has 0 spiro atoms. The van der Waals surface area contributed by atoms with Crippen molar-refractivity contribution in [2.75, 3.05) is 35.2 Å². The number of hydrogen-bond acceptors (Lipinski definition) is 5. The van der Waals surface area contributed by atoms with E-state index in [1.54, 1.807) is 0 Å². The molecule has 0 unspecified atom stereocenters. The lowest BCUT2D eigenvalue weighted by Gasteiger charge is -2.24. The third-order valence-electron chi connectivity index (χ3n) is 2.91. The van der Waals surface area contributed by atoms with E-state index in [0.717, 1.165) is 30.4 Å². The first kappa shape index (κ1) is 9.38. The molecule has 16 heavy (non-hydrogen) atoms. The minimum Gasteiger partial charge on any atom is -0.359 e. The maximum absolute atomic E-state index is 11.3. The first-order chi connectivity index (χ1) is 7.84. The van der Waals surface area contributed by atoms with Crippen molar-refractivity contribution in [3.05, 3.63) is 6.33 Å². The summed E-state index contributed by atoms with van der Waals surface area (Å²) in [5, 5.41) is 5.82. The number of aromatic nitrogens is 2. The molecule has 2 aliphatic heterocycles. The Balaban J connectivity index is 2.01. The van der Waals surface area contributed by atoms with Crippen LogP contribution in [0.5, 0.6) is 0 Å². The third-order valence-corrected chi connectivity index (χ3v) is 2.91. The molecule has 84 valence electrons. The van der Waals surface area contributed by atoms with Gasteiger partial charge in [0, 0.05) is 13.1 Å². The number of carbonyl (C=O) groups excluding carboxylic acids is 1.